The first-order valence-electron chi connectivity index (χ1n) is 6.91. The van der Waals surface area contributed by atoms with Crippen LogP contribution < -0.4 is 14.2 Å². The summed E-state index contributed by atoms with van der Waals surface area (Å²) in [5, 5.41) is 0. The van der Waals surface area contributed by atoms with Gasteiger partial charge in [0, 0.05) is 10.5 Å². The average molecular weight is 381 g/mol. The van der Waals surface area contributed by atoms with Crippen LogP contribution in [-0.2, 0) is 4.74 Å². The van der Waals surface area contributed by atoms with Crippen LogP contribution in [-0.4, -0.2) is 33.4 Å². The fourth-order valence-electron chi connectivity index (χ4n) is 1.90. The van der Waals surface area contributed by atoms with Gasteiger partial charge in [-0.15, -0.1) is 0 Å². The molecule has 2 aromatic carbocycles. The Hall–Kier alpha value is -2.21. The molecule has 0 aliphatic rings. The molecule has 0 aliphatic carbocycles. The molecule has 0 heterocycles. The van der Waals surface area contributed by atoms with Crippen LogP contribution >= 0.6 is 15.9 Å². The molecule has 0 unspecified atom stereocenters. The van der Waals surface area contributed by atoms with Gasteiger partial charge >= 0.3 is 5.97 Å². The lowest BCUT2D eigenvalue weighted by molar-refractivity contribution is 0.0595. The van der Waals surface area contributed by atoms with Crippen molar-refractivity contribution in [2.75, 3.05) is 27.4 Å². The molecule has 2 rings (SSSR count). The summed E-state index contributed by atoms with van der Waals surface area (Å²) in [7, 11) is 2.88. The Balaban J connectivity index is 1.97. The van der Waals surface area contributed by atoms with Gasteiger partial charge in [-0.05, 0) is 30.3 Å². The molecule has 23 heavy (non-hydrogen) atoms. The second kappa shape index (κ2) is 8.43. The number of carbonyl (C=O) groups excluding carboxylic acids is 1. The molecule has 0 saturated carbocycles. The molecule has 122 valence electrons. The first-order chi connectivity index (χ1) is 11.1. The van der Waals surface area contributed by atoms with Crippen molar-refractivity contribution in [2.24, 2.45) is 0 Å². The number of esters is 1. The van der Waals surface area contributed by atoms with E-state index in [1.54, 1.807) is 25.3 Å². The van der Waals surface area contributed by atoms with Crippen molar-refractivity contribution >= 4 is 21.9 Å². The molecule has 0 saturated heterocycles. The van der Waals surface area contributed by atoms with Gasteiger partial charge in [-0.2, -0.15) is 0 Å². The summed E-state index contributed by atoms with van der Waals surface area (Å²) in [6, 6.07) is 12.5. The summed E-state index contributed by atoms with van der Waals surface area (Å²) in [6.07, 6.45) is 0. The third-order valence-corrected chi connectivity index (χ3v) is 3.49. The normalized spacial score (nSPS) is 10.0. The van der Waals surface area contributed by atoms with Crippen molar-refractivity contribution in [2.45, 2.75) is 0 Å². The van der Waals surface area contributed by atoms with E-state index in [-0.39, 0.29) is 6.61 Å². The molecule has 0 bridgehead atoms. The zero-order valence-electron chi connectivity index (χ0n) is 12.9. The fourth-order valence-corrected chi connectivity index (χ4v) is 2.27. The van der Waals surface area contributed by atoms with E-state index in [0.717, 1.165) is 10.2 Å². The van der Waals surface area contributed by atoms with E-state index < -0.39 is 5.97 Å². The quantitative estimate of drug-likeness (QED) is 0.541. The molecule has 0 spiro atoms. The van der Waals surface area contributed by atoms with Crippen LogP contribution in [0.1, 0.15) is 10.4 Å². The smallest absolute Gasteiger partial charge is 0.341 e. The third kappa shape index (κ3) is 4.89. The first-order valence-corrected chi connectivity index (χ1v) is 7.71. The van der Waals surface area contributed by atoms with Crippen molar-refractivity contribution < 1.29 is 23.7 Å². The Bertz CT molecular complexity index is 672. The van der Waals surface area contributed by atoms with Crippen molar-refractivity contribution in [1.82, 2.24) is 0 Å². The minimum Gasteiger partial charge on any atom is -0.497 e. The van der Waals surface area contributed by atoms with Crippen LogP contribution in [0.4, 0.5) is 0 Å². The molecule has 0 aromatic heterocycles. The summed E-state index contributed by atoms with van der Waals surface area (Å²) < 4.78 is 22.1. The van der Waals surface area contributed by atoms with Crippen LogP contribution in [0.25, 0.3) is 0 Å². The molecular formula is C17H17BrO5. The minimum absolute atomic E-state index is 0.281. The zero-order chi connectivity index (χ0) is 16.7. The molecule has 0 atom stereocenters. The molecule has 6 heteroatoms. The molecule has 0 N–H and O–H groups in total. The van der Waals surface area contributed by atoms with Crippen LogP contribution in [0.2, 0.25) is 0 Å². The first kappa shape index (κ1) is 17.1. The van der Waals surface area contributed by atoms with Crippen molar-refractivity contribution in [3.8, 4) is 17.2 Å². The number of hydrogen-bond donors (Lipinski definition) is 0. The highest BCUT2D eigenvalue weighted by atomic mass is 79.9. The fraction of sp³-hybridized carbons (Fsp3) is 0.235. The Morgan fingerprint density at radius 2 is 1.78 bits per heavy atom. The van der Waals surface area contributed by atoms with E-state index in [4.69, 9.17) is 18.9 Å². The number of benzene rings is 2. The van der Waals surface area contributed by atoms with Crippen molar-refractivity contribution in [1.29, 1.82) is 0 Å². The van der Waals surface area contributed by atoms with Gasteiger partial charge in [0.2, 0.25) is 0 Å². The lowest BCUT2D eigenvalue weighted by Gasteiger charge is -2.12. The second-order valence-electron chi connectivity index (χ2n) is 4.51. The highest BCUT2D eigenvalue weighted by molar-refractivity contribution is 9.10. The molecule has 2 aromatic rings. The van der Waals surface area contributed by atoms with E-state index in [0.29, 0.717) is 23.7 Å². The second-order valence-corrected chi connectivity index (χ2v) is 5.42. The topological polar surface area (TPSA) is 54.0 Å². The van der Waals surface area contributed by atoms with Crippen LogP contribution in [0.3, 0.4) is 0 Å². The predicted octanol–water partition coefficient (Wildman–Crippen LogP) is 3.70. The van der Waals surface area contributed by atoms with Crippen LogP contribution in [0, 0.1) is 0 Å². The number of methoxy groups -OCH3 is 2. The van der Waals surface area contributed by atoms with Gasteiger partial charge in [0.25, 0.3) is 0 Å². The van der Waals surface area contributed by atoms with E-state index in [1.165, 1.54) is 7.11 Å². The van der Waals surface area contributed by atoms with Gasteiger partial charge in [0.1, 0.15) is 36.0 Å². The Kier molecular flexibility index (Phi) is 6.29. The monoisotopic (exact) mass is 380 g/mol. The number of ether oxygens (including phenoxy) is 4. The summed E-state index contributed by atoms with van der Waals surface area (Å²) in [5.41, 5.74) is 0.343. The molecule has 5 nitrogen and oxygen atoms in total. The Morgan fingerprint density at radius 3 is 2.48 bits per heavy atom. The van der Waals surface area contributed by atoms with E-state index >= 15 is 0 Å². The Labute approximate surface area is 143 Å². The van der Waals surface area contributed by atoms with Crippen LogP contribution in [0.15, 0.2) is 46.9 Å². The standard InChI is InChI=1S/C17H17BrO5/c1-20-13-6-7-15(17(19)21-2)16(11-13)23-9-8-22-14-5-3-4-12(18)10-14/h3-7,10-11H,8-9H2,1-2H3. The summed E-state index contributed by atoms with van der Waals surface area (Å²) in [5.74, 6) is 1.27. The van der Waals surface area contributed by atoms with Crippen molar-refractivity contribution in [3.05, 3.63) is 52.5 Å². The number of carbonyl (C=O) groups is 1. The van der Waals surface area contributed by atoms with Crippen LogP contribution in [0.5, 0.6) is 17.2 Å². The average Bonchev–Trinajstić information content (AvgIpc) is 2.58. The third-order valence-electron chi connectivity index (χ3n) is 3.00. The minimum atomic E-state index is -0.462. The van der Waals surface area contributed by atoms with Gasteiger partial charge in [-0.25, -0.2) is 4.79 Å². The van der Waals surface area contributed by atoms with Gasteiger partial charge < -0.3 is 18.9 Å². The largest absolute Gasteiger partial charge is 0.497 e. The number of halogens is 1. The summed E-state index contributed by atoms with van der Waals surface area (Å²) in [6.45, 7) is 0.623. The molecular weight excluding hydrogens is 364 g/mol. The van der Waals surface area contributed by atoms with E-state index in [1.807, 2.05) is 24.3 Å². The van der Waals surface area contributed by atoms with E-state index in [2.05, 4.69) is 15.9 Å². The van der Waals surface area contributed by atoms with Gasteiger partial charge in [0.15, 0.2) is 0 Å². The summed E-state index contributed by atoms with van der Waals surface area (Å²) in [4.78, 5) is 11.7. The maximum Gasteiger partial charge on any atom is 0.341 e. The highest BCUT2D eigenvalue weighted by Crippen LogP contribution is 2.25. The van der Waals surface area contributed by atoms with E-state index in [9.17, 15) is 4.79 Å². The molecule has 0 aliphatic heterocycles. The molecule has 0 fully saturated rings. The zero-order valence-corrected chi connectivity index (χ0v) is 14.5. The maximum absolute atomic E-state index is 11.7. The number of rotatable bonds is 7. The lowest BCUT2D eigenvalue weighted by Crippen LogP contribution is -2.12. The highest BCUT2D eigenvalue weighted by Gasteiger charge is 2.14. The predicted molar refractivity (Wildman–Crippen MR) is 89.5 cm³/mol. The molecule has 0 radical (unpaired) electrons. The van der Waals surface area contributed by atoms with Crippen molar-refractivity contribution in [3.63, 3.8) is 0 Å². The number of hydrogen-bond acceptors (Lipinski definition) is 5. The summed E-state index contributed by atoms with van der Waals surface area (Å²) >= 11 is 3.38. The lowest BCUT2D eigenvalue weighted by atomic mass is 10.2. The van der Waals surface area contributed by atoms with Gasteiger partial charge in [-0.3, -0.25) is 0 Å². The van der Waals surface area contributed by atoms with Gasteiger partial charge in [-0.1, -0.05) is 22.0 Å². The SMILES string of the molecule is COC(=O)c1ccc(OC)cc1OCCOc1cccc(Br)c1. The molecule has 0 amide bonds. The Morgan fingerprint density at radius 1 is 1.00 bits per heavy atom. The van der Waals surface area contributed by atoms with Gasteiger partial charge in [0.05, 0.1) is 14.2 Å². The maximum atomic E-state index is 11.7.